The summed E-state index contributed by atoms with van der Waals surface area (Å²) in [6.07, 6.45) is -0.232. The number of primary amides is 1. The van der Waals surface area contributed by atoms with E-state index in [1.807, 2.05) is 0 Å². The van der Waals surface area contributed by atoms with Crippen molar-refractivity contribution in [3.63, 3.8) is 0 Å². The second-order valence-corrected chi connectivity index (χ2v) is 3.97. The largest absolute Gasteiger partial charge is 0.493 e. The fraction of sp³-hybridized carbons (Fsp3) is 0.385. The highest BCUT2D eigenvalue weighted by Crippen LogP contribution is 2.29. The molecule has 0 aliphatic rings. The summed E-state index contributed by atoms with van der Waals surface area (Å²) in [6, 6.07) is 5.02. The highest BCUT2D eigenvalue weighted by Gasteiger charge is 2.17. The summed E-state index contributed by atoms with van der Waals surface area (Å²) in [7, 11) is 1.49. The van der Waals surface area contributed by atoms with E-state index >= 15 is 0 Å². The van der Waals surface area contributed by atoms with Gasteiger partial charge in [0.2, 0.25) is 0 Å². The van der Waals surface area contributed by atoms with Gasteiger partial charge in [0, 0.05) is 5.56 Å². The standard InChI is InChI=1S/C13H18N2O4/c1-4-10(13(14)16)19-11-6-5-9(8(2)15-17)7-12(11)18-3/h5-7,10,17H,4H2,1-3H3,(H2,14,16). The van der Waals surface area contributed by atoms with Crippen molar-refractivity contribution in [1.82, 2.24) is 0 Å². The van der Waals surface area contributed by atoms with Gasteiger partial charge in [0.25, 0.3) is 5.91 Å². The maximum absolute atomic E-state index is 11.2. The first kappa shape index (κ1) is 14.8. The number of methoxy groups -OCH3 is 1. The van der Waals surface area contributed by atoms with Gasteiger partial charge < -0.3 is 20.4 Å². The van der Waals surface area contributed by atoms with Crippen molar-refractivity contribution in [2.45, 2.75) is 26.4 Å². The van der Waals surface area contributed by atoms with Gasteiger partial charge in [-0.3, -0.25) is 4.79 Å². The van der Waals surface area contributed by atoms with Gasteiger partial charge in [-0.2, -0.15) is 0 Å². The number of carbonyl (C=O) groups is 1. The minimum absolute atomic E-state index is 0.419. The Bertz CT molecular complexity index is 486. The lowest BCUT2D eigenvalue weighted by molar-refractivity contribution is -0.124. The molecule has 1 aromatic carbocycles. The molecular weight excluding hydrogens is 248 g/mol. The third-order valence-electron chi connectivity index (χ3n) is 2.69. The molecule has 0 aliphatic heterocycles. The van der Waals surface area contributed by atoms with Crippen LogP contribution in [0.1, 0.15) is 25.8 Å². The highest BCUT2D eigenvalue weighted by molar-refractivity contribution is 5.98. The highest BCUT2D eigenvalue weighted by atomic mass is 16.5. The third kappa shape index (κ3) is 3.61. The van der Waals surface area contributed by atoms with Crippen LogP contribution < -0.4 is 15.2 Å². The van der Waals surface area contributed by atoms with Crippen molar-refractivity contribution in [2.75, 3.05) is 7.11 Å². The zero-order chi connectivity index (χ0) is 14.4. The Balaban J connectivity index is 3.05. The van der Waals surface area contributed by atoms with E-state index in [2.05, 4.69) is 5.16 Å². The number of ether oxygens (including phenoxy) is 2. The zero-order valence-electron chi connectivity index (χ0n) is 11.2. The average molecular weight is 266 g/mol. The normalized spacial score (nSPS) is 12.9. The van der Waals surface area contributed by atoms with Crippen LogP contribution in [0.25, 0.3) is 0 Å². The Kier molecular flexibility index (Phi) is 5.17. The number of amides is 1. The number of hydrogen-bond acceptors (Lipinski definition) is 5. The lowest BCUT2D eigenvalue weighted by Crippen LogP contribution is -2.33. The summed E-state index contributed by atoms with van der Waals surface area (Å²) in [4.78, 5) is 11.2. The molecule has 1 aromatic rings. The second kappa shape index (κ2) is 6.63. The van der Waals surface area contributed by atoms with Crippen LogP contribution in [0.4, 0.5) is 0 Å². The van der Waals surface area contributed by atoms with Crippen LogP contribution >= 0.6 is 0 Å². The second-order valence-electron chi connectivity index (χ2n) is 3.97. The smallest absolute Gasteiger partial charge is 0.258 e. The molecule has 0 spiro atoms. The van der Waals surface area contributed by atoms with Gasteiger partial charge in [0.15, 0.2) is 17.6 Å². The van der Waals surface area contributed by atoms with Crippen LogP contribution in [-0.4, -0.2) is 30.0 Å². The lowest BCUT2D eigenvalue weighted by atomic mass is 10.1. The molecule has 0 saturated heterocycles. The monoisotopic (exact) mass is 266 g/mol. The lowest BCUT2D eigenvalue weighted by Gasteiger charge is -2.17. The van der Waals surface area contributed by atoms with E-state index < -0.39 is 12.0 Å². The Hall–Kier alpha value is -2.24. The van der Waals surface area contributed by atoms with Gasteiger partial charge in [0.1, 0.15) is 0 Å². The molecule has 0 fully saturated rings. The maximum atomic E-state index is 11.2. The molecule has 0 heterocycles. The summed E-state index contributed by atoms with van der Waals surface area (Å²) in [6.45, 7) is 3.46. The Labute approximate surface area is 111 Å². The van der Waals surface area contributed by atoms with Crippen LogP contribution in [0.2, 0.25) is 0 Å². The molecule has 0 radical (unpaired) electrons. The molecule has 6 heteroatoms. The van der Waals surface area contributed by atoms with Crippen molar-refractivity contribution in [3.05, 3.63) is 23.8 Å². The number of hydrogen-bond donors (Lipinski definition) is 2. The van der Waals surface area contributed by atoms with Gasteiger partial charge in [-0.15, -0.1) is 0 Å². The van der Waals surface area contributed by atoms with Crippen LogP contribution in [0, 0.1) is 0 Å². The molecule has 1 atom stereocenters. The predicted molar refractivity (Wildman–Crippen MR) is 70.9 cm³/mol. The van der Waals surface area contributed by atoms with E-state index in [9.17, 15) is 4.79 Å². The van der Waals surface area contributed by atoms with Gasteiger partial charge in [-0.05, 0) is 31.5 Å². The SMILES string of the molecule is CCC(Oc1ccc(C(C)=NO)cc1OC)C(N)=O. The topological polar surface area (TPSA) is 94.1 Å². The number of carbonyl (C=O) groups excluding carboxylic acids is 1. The quantitative estimate of drug-likeness (QED) is 0.464. The van der Waals surface area contributed by atoms with Crippen molar-refractivity contribution >= 4 is 11.6 Å². The van der Waals surface area contributed by atoms with Crippen LogP contribution in [0.5, 0.6) is 11.5 Å². The number of rotatable bonds is 6. The minimum atomic E-state index is -0.702. The number of nitrogens with two attached hydrogens (primary N) is 1. The van der Waals surface area contributed by atoms with E-state index in [0.717, 1.165) is 0 Å². The van der Waals surface area contributed by atoms with E-state index in [1.54, 1.807) is 32.0 Å². The van der Waals surface area contributed by atoms with E-state index in [-0.39, 0.29) is 0 Å². The Morgan fingerprint density at radius 3 is 2.63 bits per heavy atom. The molecule has 1 rings (SSSR count). The molecule has 0 aromatic heterocycles. The van der Waals surface area contributed by atoms with Crippen molar-refractivity contribution in [1.29, 1.82) is 0 Å². The molecule has 0 aliphatic carbocycles. The predicted octanol–water partition coefficient (Wildman–Crippen LogP) is 1.54. The molecule has 6 nitrogen and oxygen atoms in total. The summed E-state index contributed by atoms with van der Waals surface area (Å²) >= 11 is 0. The summed E-state index contributed by atoms with van der Waals surface area (Å²) < 4.78 is 10.7. The van der Waals surface area contributed by atoms with Gasteiger partial charge >= 0.3 is 0 Å². The maximum Gasteiger partial charge on any atom is 0.258 e. The van der Waals surface area contributed by atoms with Crippen molar-refractivity contribution < 1.29 is 19.5 Å². The fourth-order valence-corrected chi connectivity index (χ4v) is 1.54. The average Bonchev–Trinajstić information content (AvgIpc) is 2.43. The molecule has 1 unspecified atom stereocenters. The molecule has 1 amide bonds. The third-order valence-corrected chi connectivity index (χ3v) is 2.69. The Morgan fingerprint density at radius 2 is 2.16 bits per heavy atom. The minimum Gasteiger partial charge on any atom is -0.493 e. The van der Waals surface area contributed by atoms with Gasteiger partial charge in [0.05, 0.1) is 12.8 Å². The van der Waals surface area contributed by atoms with Gasteiger partial charge in [-0.25, -0.2) is 0 Å². The van der Waals surface area contributed by atoms with Crippen LogP contribution in [-0.2, 0) is 4.79 Å². The summed E-state index contributed by atoms with van der Waals surface area (Å²) in [5, 5.41) is 11.8. The molecule has 0 bridgehead atoms. The van der Waals surface area contributed by atoms with Crippen molar-refractivity contribution in [3.8, 4) is 11.5 Å². The zero-order valence-corrected chi connectivity index (χ0v) is 11.2. The molecule has 3 N–H and O–H groups in total. The number of benzene rings is 1. The number of nitrogens with zero attached hydrogens (tertiary/aromatic N) is 1. The fourth-order valence-electron chi connectivity index (χ4n) is 1.54. The van der Waals surface area contributed by atoms with Gasteiger partial charge in [-0.1, -0.05) is 12.1 Å². The van der Waals surface area contributed by atoms with Crippen LogP contribution in [0.3, 0.4) is 0 Å². The first-order chi connectivity index (χ1) is 9.03. The first-order valence-corrected chi connectivity index (χ1v) is 5.86. The summed E-state index contributed by atoms with van der Waals surface area (Å²) in [5.41, 5.74) is 6.37. The molecule has 19 heavy (non-hydrogen) atoms. The molecule has 104 valence electrons. The van der Waals surface area contributed by atoms with E-state index in [0.29, 0.717) is 29.2 Å². The molecular formula is C13H18N2O4. The summed E-state index contributed by atoms with van der Waals surface area (Å²) in [5.74, 6) is 0.338. The Morgan fingerprint density at radius 1 is 1.47 bits per heavy atom. The first-order valence-electron chi connectivity index (χ1n) is 5.86. The number of oxime groups is 1. The van der Waals surface area contributed by atoms with Crippen molar-refractivity contribution in [2.24, 2.45) is 10.9 Å². The molecule has 0 saturated carbocycles. The van der Waals surface area contributed by atoms with E-state index in [4.69, 9.17) is 20.4 Å². The van der Waals surface area contributed by atoms with Crippen LogP contribution in [0.15, 0.2) is 23.4 Å². The van der Waals surface area contributed by atoms with E-state index in [1.165, 1.54) is 7.11 Å².